The van der Waals surface area contributed by atoms with Crippen LogP contribution in [0.2, 0.25) is 0 Å². The fourth-order valence-electron chi connectivity index (χ4n) is 11.8. The molecule has 0 bridgehead atoms. The highest BCUT2D eigenvalue weighted by atomic mass is 32.2. The van der Waals surface area contributed by atoms with Crippen LogP contribution in [0.3, 0.4) is 0 Å². The Labute approximate surface area is 457 Å². The summed E-state index contributed by atoms with van der Waals surface area (Å²) in [6.45, 7) is 18.1. The van der Waals surface area contributed by atoms with E-state index in [9.17, 15) is 0 Å². The molecule has 0 saturated carbocycles. The zero-order valence-corrected chi connectivity index (χ0v) is 46.3. The molecule has 0 saturated heterocycles. The molecule has 0 amide bonds. The summed E-state index contributed by atoms with van der Waals surface area (Å²) in [6.07, 6.45) is 0. The predicted octanol–water partition coefficient (Wildman–Crippen LogP) is 18.5. The minimum Gasteiger partial charge on any atom is -0.310 e. The number of anilines is 3. The normalized spacial score (nSPS) is 13.3. The Morgan fingerprint density at radius 2 is 0.584 bits per heavy atom. The minimum absolute atomic E-state index is 0.275. The molecule has 382 valence electrons. The van der Waals surface area contributed by atoms with Gasteiger partial charge >= 0.3 is 0 Å². The van der Waals surface area contributed by atoms with Crippen molar-refractivity contribution in [3.8, 4) is 11.1 Å². The Balaban J connectivity index is 1.04. The van der Waals surface area contributed by atoms with Crippen molar-refractivity contribution in [2.24, 2.45) is 0 Å². The number of rotatable bonds is 14. The van der Waals surface area contributed by atoms with E-state index in [0.29, 0.717) is 15.4 Å². The zero-order valence-electron chi connectivity index (χ0n) is 45.5. The second-order valence-electron chi connectivity index (χ2n) is 23.0. The molecule has 1 aliphatic rings. The van der Waals surface area contributed by atoms with Crippen LogP contribution in [0.1, 0.15) is 123 Å². The molecule has 11 rings (SSSR count). The molecule has 1 aliphatic heterocycles. The molecule has 10 aromatic rings. The van der Waals surface area contributed by atoms with Gasteiger partial charge < -0.3 is 4.90 Å². The van der Waals surface area contributed by atoms with Crippen molar-refractivity contribution in [3.63, 3.8) is 0 Å². The first-order chi connectivity index (χ1) is 37.0. The van der Waals surface area contributed by atoms with Gasteiger partial charge in [0.2, 0.25) is 9.84 Å². The first-order valence-corrected chi connectivity index (χ1v) is 28.4. The summed E-state index contributed by atoms with van der Waals surface area (Å²) in [5, 5.41) is 0. The van der Waals surface area contributed by atoms with Gasteiger partial charge in [0.05, 0.1) is 9.79 Å². The molecule has 0 fully saturated rings. The van der Waals surface area contributed by atoms with Crippen molar-refractivity contribution in [2.45, 2.75) is 92.8 Å². The van der Waals surface area contributed by atoms with E-state index in [2.05, 4.69) is 291 Å². The van der Waals surface area contributed by atoms with Crippen molar-refractivity contribution < 1.29 is 8.42 Å². The Hall–Kier alpha value is -8.05. The number of hydrogen-bond acceptors (Lipinski definition) is 3. The van der Waals surface area contributed by atoms with Crippen molar-refractivity contribution in [3.05, 3.63) is 316 Å². The molecular weight excluding hydrogens is 955 g/mol. The van der Waals surface area contributed by atoms with E-state index in [1.54, 1.807) is 0 Å². The van der Waals surface area contributed by atoms with Gasteiger partial charge in [-0.25, -0.2) is 8.42 Å². The highest BCUT2D eigenvalue weighted by molar-refractivity contribution is 7.92. The van der Waals surface area contributed by atoms with Crippen molar-refractivity contribution >= 4 is 26.9 Å². The third-order valence-electron chi connectivity index (χ3n) is 16.9. The van der Waals surface area contributed by atoms with E-state index in [1.807, 2.05) is 24.3 Å². The molecule has 0 spiro atoms. The Morgan fingerprint density at radius 3 is 0.974 bits per heavy atom. The van der Waals surface area contributed by atoms with Crippen LogP contribution < -0.4 is 4.90 Å². The molecule has 77 heavy (non-hydrogen) atoms. The van der Waals surface area contributed by atoms with Gasteiger partial charge in [0.1, 0.15) is 0 Å². The SMILES string of the molecule is CC(C)(c1ccccc1)c1cccc(C(c2cccc(C(C)(C)c3ccccc3)c2)c2ccc3c(c2)S(=O)(=O)c2cc(N(c4cccc(C(C)(C)c5ccccc5)c4)c4cccc(C(C)(C)c5ccccc5)c4)ccc2-3)c1. The van der Waals surface area contributed by atoms with Crippen molar-refractivity contribution in [1.29, 1.82) is 0 Å². The van der Waals surface area contributed by atoms with Crippen LogP contribution in [0.15, 0.2) is 265 Å². The van der Waals surface area contributed by atoms with E-state index in [4.69, 9.17) is 0 Å². The molecule has 0 unspecified atom stereocenters. The quantitative estimate of drug-likeness (QED) is 0.102. The molecule has 0 aromatic heterocycles. The summed E-state index contributed by atoms with van der Waals surface area (Å²) in [5.41, 5.74) is 15.6. The molecule has 0 N–H and O–H groups in total. The second-order valence-corrected chi connectivity index (χ2v) is 24.9. The van der Waals surface area contributed by atoms with Gasteiger partial charge in [-0.3, -0.25) is 0 Å². The number of fused-ring (bicyclic) bond motifs is 3. The highest BCUT2D eigenvalue weighted by Gasteiger charge is 2.36. The third-order valence-corrected chi connectivity index (χ3v) is 18.8. The van der Waals surface area contributed by atoms with Crippen LogP contribution in [0.25, 0.3) is 11.1 Å². The van der Waals surface area contributed by atoms with Gasteiger partial charge in [-0.1, -0.05) is 268 Å². The molecule has 0 aliphatic carbocycles. The van der Waals surface area contributed by atoms with Crippen LogP contribution in [-0.2, 0) is 31.5 Å². The monoisotopic (exact) mass is 1020 g/mol. The lowest BCUT2D eigenvalue weighted by Crippen LogP contribution is -2.21. The van der Waals surface area contributed by atoms with Gasteiger partial charge in [-0.05, 0) is 104 Å². The van der Waals surface area contributed by atoms with E-state index in [-0.39, 0.29) is 27.6 Å². The van der Waals surface area contributed by atoms with Gasteiger partial charge in [0, 0.05) is 55.8 Å². The maximum Gasteiger partial charge on any atom is 0.207 e. The summed E-state index contributed by atoms with van der Waals surface area (Å²) in [7, 11) is -4.00. The lowest BCUT2D eigenvalue weighted by molar-refractivity contribution is 0.598. The average Bonchev–Trinajstić information content (AvgIpc) is 3.72. The van der Waals surface area contributed by atoms with Gasteiger partial charge in [-0.15, -0.1) is 0 Å². The Morgan fingerprint density at radius 1 is 0.286 bits per heavy atom. The molecule has 3 nitrogen and oxygen atoms in total. The fourth-order valence-corrected chi connectivity index (χ4v) is 13.5. The zero-order chi connectivity index (χ0) is 53.7. The Kier molecular flexibility index (Phi) is 13.1. The number of sulfone groups is 1. The van der Waals surface area contributed by atoms with Gasteiger partial charge in [0.15, 0.2) is 0 Å². The number of nitrogens with zero attached hydrogens (tertiary/aromatic N) is 1. The summed E-state index contributed by atoms with van der Waals surface area (Å²) in [4.78, 5) is 2.87. The lowest BCUT2D eigenvalue weighted by atomic mass is 9.74. The van der Waals surface area contributed by atoms with E-state index in [0.717, 1.165) is 50.4 Å². The maximum absolute atomic E-state index is 15.5. The topological polar surface area (TPSA) is 37.4 Å². The maximum atomic E-state index is 15.5. The predicted molar refractivity (Wildman–Crippen MR) is 320 cm³/mol. The van der Waals surface area contributed by atoms with Crippen LogP contribution in [-0.4, -0.2) is 8.42 Å². The molecule has 0 atom stereocenters. The molecule has 4 heteroatoms. The Bertz CT molecular complexity index is 3440. The standard InChI is InChI=1S/C73H67NO2S/c1-70(2,54-27-13-9-14-28-54)58-35-21-25-51(45-58)69(52-26-22-36-59(46-52)71(3,4)55-29-15-10-16-30-55)53-41-43-65-66-44-42-64(50-68(66)77(75,76)67(65)47-53)74(62-39-23-37-60(48-62)72(5,6)56-31-17-11-18-32-56)63-40-24-38-61(49-63)73(7,8)57-33-19-12-20-34-57/h9-50,69H,1-8H3. The summed E-state index contributed by atoms with van der Waals surface area (Å²) >= 11 is 0. The average molecular weight is 1020 g/mol. The summed E-state index contributed by atoms with van der Waals surface area (Å²) in [5.74, 6) is -0.275. The lowest BCUT2D eigenvalue weighted by Gasteiger charge is -2.32. The van der Waals surface area contributed by atoms with Crippen LogP contribution >= 0.6 is 0 Å². The van der Waals surface area contributed by atoms with E-state index < -0.39 is 9.84 Å². The molecule has 10 aromatic carbocycles. The van der Waals surface area contributed by atoms with Crippen molar-refractivity contribution in [2.75, 3.05) is 4.90 Å². The van der Waals surface area contributed by atoms with Crippen LogP contribution in [0.4, 0.5) is 17.1 Å². The largest absolute Gasteiger partial charge is 0.310 e. The van der Waals surface area contributed by atoms with Crippen LogP contribution in [0, 0.1) is 0 Å². The second kappa shape index (κ2) is 19.8. The van der Waals surface area contributed by atoms with Crippen LogP contribution in [0.5, 0.6) is 0 Å². The third kappa shape index (κ3) is 9.33. The minimum atomic E-state index is -4.00. The number of benzene rings is 10. The van der Waals surface area contributed by atoms with Crippen molar-refractivity contribution in [1.82, 2.24) is 0 Å². The van der Waals surface area contributed by atoms with Gasteiger partial charge in [-0.2, -0.15) is 0 Å². The first kappa shape index (κ1) is 51.1. The first-order valence-electron chi connectivity index (χ1n) is 26.9. The fraction of sp³-hybridized carbons (Fsp3) is 0.178. The molecule has 0 radical (unpaired) electrons. The van der Waals surface area contributed by atoms with E-state index >= 15 is 8.42 Å². The smallest absolute Gasteiger partial charge is 0.207 e. The number of hydrogen-bond donors (Lipinski definition) is 0. The summed E-state index contributed by atoms with van der Waals surface area (Å²) < 4.78 is 31.0. The summed E-state index contributed by atoms with van der Waals surface area (Å²) in [6, 6.07) is 89.9. The molecular formula is C73H67NO2S. The van der Waals surface area contributed by atoms with E-state index in [1.165, 1.54) is 33.4 Å². The highest BCUT2D eigenvalue weighted by Crippen LogP contribution is 2.50. The van der Waals surface area contributed by atoms with Gasteiger partial charge in [0.25, 0.3) is 0 Å². The molecule has 1 heterocycles.